The number of rotatable bonds is 9. The Morgan fingerprint density at radius 1 is 1.09 bits per heavy atom. The molecule has 0 spiro atoms. The summed E-state index contributed by atoms with van der Waals surface area (Å²) in [4.78, 5) is 22.0. The van der Waals surface area contributed by atoms with Crippen molar-refractivity contribution in [1.82, 2.24) is 0 Å². The third-order valence-corrected chi connectivity index (χ3v) is 3.06. The number of benzene rings is 1. The Bertz CT molecular complexity index is 557. The Hall–Kier alpha value is -2.56. The molecule has 1 aromatic rings. The minimum absolute atomic E-state index is 0.366. The van der Waals surface area contributed by atoms with Gasteiger partial charge in [-0.25, -0.2) is 9.59 Å². The molecule has 0 amide bonds. The molecule has 0 N–H and O–H groups in total. The fourth-order valence-corrected chi connectivity index (χ4v) is 1.76. The van der Waals surface area contributed by atoms with Gasteiger partial charge in [-0.3, -0.25) is 0 Å². The first-order valence-electron chi connectivity index (χ1n) is 7.35. The van der Waals surface area contributed by atoms with Gasteiger partial charge in [-0.2, -0.15) is 0 Å². The van der Waals surface area contributed by atoms with Crippen LogP contribution in [-0.2, 0) is 19.1 Å². The van der Waals surface area contributed by atoms with Crippen molar-refractivity contribution < 1.29 is 23.8 Å². The second-order valence-electron chi connectivity index (χ2n) is 4.80. The lowest BCUT2D eigenvalue weighted by molar-refractivity contribution is -0.138. The summed E-state index contributed by atoms with van der Waals surface area (Å²) in [6.07, 6.45) is 4.11. The van der Waals surface area contributed by atoms with E-state index in [4.69, 9.17) is 9.47 Å². The maximum Gasteiger partial charge on any atom is 0.330 e. The SMILES string of the molecule is C=CC(=O)OCCCCOc1ccc(C(C)=CC(=O)OC)cc1. The van der Waals surface area contributed by atoms with Crippen LogP contribution in [0.1, 0.15) is 25.3 Å². The third-order valence-electron chi connectivity index (χ3n) is 3.06. The van der Waals surface area contributed by atoms with E-state index < -0.39 is 5.97 Å². The lowest BCUT2D eigenvalue weighted by Crippen LogP contribution is -2.04. The Kier molecular flexibility index (Phi) is 8.21. The van der Waals surface area contributed by atoms with Crippen LogP contribution in [0.3, 0.4) is 0 Å². The van der Waals surface area contributed by atoms with Gasteiger partial charge in [0, 0.05) is 12.2 Å². The zero-order valence-corrected chi connectivity index (χ0v) is 13.5. The Balaban J connectivity index is 2.34. The fraction of sp³-hybridized carbons (Fsp3) is 0.333. The van der Waals surface area contributed by atoms with Crippen LogP contribution in [0.2, 0.25) is 0 Å². The van der Waals surface area contributed by atoms with Crippen molar-refractivity contribution in [1.29, 1.82) is 0 Å². The topological polar surface area (TPSA) is 61.8 Å². The lowest BCUT2D eigenvalue weighted by Gasteiger charge is -2.08. The van der Waals surface area contributed by atoms with Gasteiger partial charge in [0.2, 0.25) is 0 Å². The van der Waals surface area contributed by atoms with Crippen molar-refractivity contribution in [2.45, 2.75) is 19.8 Å². The molecule has 0 bridgehead atoms. The molecular formula is C18H22O5. The molecule has 0 saturated heterocycles. The number of ether oxygens (including phenoxy) is 3. The number of carbonyl (C=O) groups is 2. The van der Waals surface area contributed by atoms with Gasteiger partial charge < -0.3 is 14.2 Å². The normalized spacial score (nSPS) is 10.8. The number of methoxy groups -OCH3 is 1. The molecule has 0 aliphatic rings. The highest BCUT2D eigenvalue weighted by molar-refractivity contribution is 5.90. The highest BCUT2D eigenvalue weighted by Crippen LogP contribution is 2.18. The lowest BCUT2D eigenvalue weighted by atomic mass is 10.1. The van der Waals surface area contributed by atoms with Gasteiger partial charge in [0.15, 0.2) is 0 Å². The molecule has 0 fully saturated rings. The van der Waals surface area contributed by atoms with Crippen LogP contribution >= 0.6 is 0 Å². The van der Waals surface area contributed by atoms with E-state index in [0.29, 0.717) is 13.2 Å². The minimum Gasteiger partial charge on any atom is -0.494 e. The number of allylic oxidation sites excluding steroid dienone is 1. The standard InChI is InChI=1S/C18H22O5/c1-4-17(19)23-12-6-5-11-22-16-9-7-15(8-10-16)14(2)13-18(20)21-3/h4,7-10,13H,1,5-6,11-12H2,2-3H3. The third kappa shape index (κ3) is 7.31. The second kappa shape index (κ2) is 10.2. The fourth-order valence-electron chi connectivity index (χ4n) is 1.76. The number of unbranched alkanes of at least 4 members (excludes halogenated alkanes) is 1. The van der Waals surface area contributed by atoms with Gasteiger partial charge in [-0.15, -0.1) is 0 Å². The van der Waals surface area contributed by atoms with Gasteiger partial charge in [0.25, 0.3) is 0 Å². The van der Waals surface area contributed by atoms with Crippen LogP contribution in [0, 0.1) is 0 Å². The van der Waals surface area contributed by atoms with E-state index in [2.05, 4.69) is 11.3 Å². The Morgan fingerprint density at radius 2 is 1.74 bits per heavy atom. The molecule has 0 heterocycles. The van der Waals surface area contributed by atoms with E-state index in [9.17, 15) is 9.59 Å². The Morgan fingerprint density at radius 3 is 2.35 bits per heavy atom. The van der Waals surface area contributed by atoms with Gasteiger partial charge in [0.05, 0.1) is 20.3 Å². The van der Waals surface area contributed by atoms with E-state index in [0.717, 1.165) is 35.8 Å². The molecule has 1 aromatic carbocycles. The molecule has 0 saturated carbocycles. The molecule has 0 radical (unpaired) electrons. The predicted octanol–water partition coefficient (Wildman–Crippen LogP) is 3.15. The summed E-state index contributed by atoms with van der Waals surface area (Å²) in [7, 11) is 1.35. The van der Waals surface area contributed by atoms with Crippen molar-refractivity contribution in [3.05, 3.63) is 48.6 Å². The summed E-state index contributed by atoms with van der Waals surface area (Å²) >= 11 is 0. The number of hydrogen-bond acceptors (Lipinski definition) is 5. The summed E-state index contributed by atoms with van der Waals surface area (Å²) in [6, 6.07) is 7.47. The molecular weight excluding hydrogens is 296 g/mol. The number of hydrogen-bond donors (Lipinski definition) is 0. The first-order chi connectivity index (χ1) is 11.1. The summed E-state index contributed by atoms with van der Waals surface area (Å²) in [5.74, 6) is -0.0282. The zero-order chi connectivity index (χ0) is 17.1. The smallest absolute Gasteiger partial charge is 0.330 e. The van der Waals surface area contributed by atoms with Gasteiger partial charge >= 0.3 is 11.9 Å². The molecule has 0 atom stereocenters. The molecule has 0 unspecified atom stereocenters. The van der Waals surface area contributed by atoms with Crippen molar-refractivity contribution in [3.63, 3.8) is 0 Å². The first kappa shape index (κ1) is 18.5. The van der Waals surface area contributed by atoms with Crippen molar-refractivity contribution in [3.8, 4) is 5.75 Å². The summed E-state index contributed by atoms with van der Waals surface area (Å²) in [6.45, 7) is 6.08. The maximum atomic E-state index is 11.2. The zero-order valence-electron chi connectivity index (χ0n) is 13.5. The predicted molar refractivity (Wildman–Crippen MR) is 88.0 cm³/mol. The number of carbonyl (C=O) groups excluding carboxylic acids is 2. The van der Waals surface area contributed by atoms with E-state index in [1.54, 1.807) is 0 Å². The molecule has 5 heteroatoms. The molecule has 0 aliphatic heterocycles. The highest BCUT2D eigenvalue weighted by atomic mass is 16.5. The average molecular weight is 318 g/mol. The van der Waals surface area contributed by atoms with Crippen molar-refractivity contribution in [2.24, 2.45) is 0 Å². The first-order valence-corrected chi connectivity index (χ1v) is 7.35. The minimum atomic E-state index is -0.406. The van der Waals surface area contributed by atoms with E-state index in [-0.39, 0.29) is 5.97 Å². The molecule has 124 valence electrons. The largest absolute Gasteiger partial charge is 0.494 e. The summed E-state index contributed by atoms with van der Waals surface area (Å²) < 4.78 is 15.1. The van der Waals surface area contributed by atoms with Crippen molar-refractivity contribution in [2.75, 3.05) is 20.3 Å². The second-order valence-corrected chi connectivity index (χ2v) is 4.80. The van der Waals surface area contributed by atoms with E-state index >= 15 is 0 Å². The van der Waals surface area contributed by atoms with Gasteiger partial charge in [-0.1, -0.05) is 18.7 Å². The van der Waals surface area contributed by atoms with Crippen LogP contribution in [0.4, 0.5) is 0 Å². The van der Waals surface area contributed by atoms with Crippen LogP contribution in [0.15, 0.2) is 43.0 Å². The maximum absolute atomic E-state index is 11.2. The molecule has 5 nitrogen and oxygen atoms in total. The van der Waals surface area contributed by atoms with Crippen LogP contribution in [-0.4, -0.2) is 32.3 Å². The average Bonchev–Trinajstić information content (AvgIpc) is 2.57. The van der Waals surface area contributed by atoms with Crippen LogP contribution in [0.5, 0.6) is 5.75 Å². The molecule has 1 rings (SSSR count). The number of esters is 2. The Labute approximate surface area is 136 Å². The molecule has 23 heavy (non-hydrogen) atoms. The van der Waals surface area contributed by atoms with Gasteiger partial charge in [0.1, 0.15) is 5.75 Å². The van der Waals surface area contributed by atoms with E-state index in [1.807, 2.05) is 31.2 Å². The summed E-state index contributed by atoms with van der Waals surface area (Å²) in [5, 5.41) is 0. The monoisotopic (exact) mass is 318 g/mol. The van der Waals surface area contributed by atoms with Gasteiger partial charge in [-0.05, 0) is 43.0 Å². The van der Waals surface area contributed by atoms with Crippen LogP contribution in [0.25, 0.3) is 5.57 Å². The van der Waals surface area contributed by atoms with Crippen molar-refractivity contribution >= 4 is 17.5 Å². The summed E-state index contributed by atoms with van der Waals surface area (Å²) in [5.41, 5.74) is 1.76. The molecule has 0 aliphatic carbocycles. The highest BCUT2D eigenvalue weighted by Gasteiger charge is 2.01. The quantitative estimate of drug-likeness (QED) is 0.398. The molecule has 0 aromatic heterocycles. The van der Waals surface area contributed by atoms with E-state index in [1.165, 1.54) is 13.2 Å². The van der Waals surface area contributed by atoms with Crippen LogP contribution < -0.4 is 4.74 Å².